The van der Waals surface area contributed by atoms with Crippen molar-refractivity contribution in [3.05, 3.63) is 28.2 Å². The molecule has 4 nitrogen and oxygen atoms in total. The molecule has 0 aliphatic rings. The van der Waals surface area contributed by atoms with E-state index in [2.05, 4.69) is 26.2 Å². The minimum Gasteiger partial charge on any atom is -0.354 e. The summed E-state index contributed by atoms with van der Waals surface area (Å²) in [5.74, 6) is 0.536. The summed E-state index contributed by atoms with van der Waals surface area (Å²) in [5.41, 5.74) is 1.17. The Morgan fingerprint density at radius 2 is 2.24 bits per heavy atom. The monoisotopic (exact) mass is 375 g/mol. The molecule has 0 bridgehead atoms. The Morgan fingerprint density at radius 1 is 1.52 bits per heavy atom. The fraction of sp³-hybridized carbons (Fsp3) is 0.429. The van der Waals surface area contributed by atoms with Crippen LogP contribution >= 0.6 is 27.5 Å². The number of amides is 1. The maximum Gasteiger partial charge on any atom is 0.240 e. The van der Waals surface area contributed by atoms with Gasteiger partial charge in [-0.1, -0.05) is 13.8 Å². The highest BCUT2D eigenvalue weighted by atomic mass is 79.9. The van der Waals surface area contributed by atoms with Gasteiger partial charge in [0.2, 0.25) is 5.91 Å². The third-order valence-electron chi connectivity index (χ3n) is 3.00. The van der Waals surface area contributed by atoms with Crippen molar-refractivity contribution < 1.29 is 9.18 Å². The summed E-state index contributed by atoms with van der Waals surface area (Å²) in [6, 6.07) is 2.95. The average Bonchev–Trinajstić information content (AvgIpc) is 2.74. The third-order valence-corrected chi connectivity index (χ3v) is 3.84. The smallest absolute Gasteiger partial charge is 0.240 e. The number of aromatic nitrogens is 2. The number of benzene rings is 1. The first kappa shape index (κ1) is 16.2. The van der Waals surface area contributed by atoms with Crippen LogP contribution in [0.4, 0.5) is 4.39 Å². The SMILES string of the molecule is CC(C)CNC(=O)Cn1c(CCl)nc2cc(Br)c(F)cc21. The number of carbonyl (C=O) groups is 1. The van der Waals surface area contributed by atoms with Gasteiger partial charge in [0.25, 0.3) is 0 Å². The predicted molar refractivity (Wildman–Crippen MR) is 84.8 cm³/mol. The van der Waals surface area contributed by atoms with E-state index in [1.165, 1.54) is 6.07 Å². The molecule has 0 aliphatic heterocycles. The third kappa shape index (κ3) is 3.74. The molecule has 114 valence electrons. The zero-order valence-corrected chi connectivity index (χ0v) is 14.1. The van der Waals surface area contributed by atoms with E-state index >= 15 is 0 Å². The van der Waals surface area contributed by atoms with Crippen LogP contribution in [-0.2, 0) is 17.2 Å². The van der Waals surface area contributed by atoms with Gasteiger partial charge in [0.15, 0.2) is 0 Å². The van der Waals surface area contributed by atoms with Crippen molar-refractivity contribution in [1.82, 2.24) is 14.9 Å². The summed E-state index contributed by atoms with van der Waals surface area (Å²) in [6.45, 7) is 4.71. The molecule has 0 spiro atoms. The van der Waals surface area contributed by atoms with Gasteiger partial charge < -0.3 is 9.88 Å². The largest absolute Gasteiger partial charge is 0.354 e. The van der Waals surface area contributed by atoms with Crippen LogP contribution in [0.25, 0.3) is 11.0 Å². The van der Waals surface area contributed by atoms with Gasteiger partial charge in [0.1, 0.15) is 18.2 Å². The molecule has 0 aliphatic carbocycles. The number of carbonyl (C=O) groups excluding carboxylic acids is 1. The van der Waals surface area contributed by atoms with E-state index in [9.17, 15) is 9.18 Å². The van der Waals surface area contributed by atoms with E-state index in [1.807, 2.05) is 13.8 Å². The number of halogens is 3. The van der Waals surface area contributed by atoms with Gasteiger partial charge in [-0.2, -0.15) is 0 Å². The van der Waals surface area contributed by atoms with Crippen molar-refractivity contribution in [2.75, 3.05) is 6.54 Å². The second kappa shape index (κ2) is 6.75. The zero-order valence-electron chi connectivity index (χ0n) is 11.8. The topological polar surface area (TPSA) is 46.9 Å². The number of alkyl halides is 1. The maximum atomic E-state index is 13.7. The molecule has 1 N–H and O–H groups in total. The van der Waals surface area contributed by atoms with Crippen molar-refractivity contribution >= 4 is 44.5 Å². The van der Waals surface area contributed by atoms with Crippen LogP contribution in [0.3, 0.4) is 0 Å². The molecule has 1 heterocycles. The summed E-state index contributed by atoms with van der Waals surface area (Å²) in [7, 11) is 0. The molecule has 2 rings (SSSR count). The van der Waals surface area contributed by atoms with E-state index in [1.54, 1.807) is 10.6 Å². The predicted octanol–water partition coefficient (Wildman–Crippen LogP) is 3.45. The Kier molecular flexibility index (Phi) is 5.22. The van der Waals surface area contributed by atoms with Gasteiger partial charge in [-0.05, 0) is 27.9 Å². The number of fused-ring (bicyclic) bond motifs is 1. The molecule has 0 radical (unpaired) electrons. The number of hydrogen-bond acceptors (Lipinski definition) is 2. The minimum atomic E-state index is -0.396. The lowest BCUT2D eigenvalue weighted by atomic mass is 10.2. The average molecular weight is 377 g/mol. The number of rotatable bonds is 5. The highest BCUT2D eigenvalue weighted by Crippen LogP contribution is 2.24. The van der Waals surface area contributed by atoms with Crippen LogP contribution in [0.15, 0.2) is 16.6 Å². The number of hydrogen-bond donors (Lipinski definition) is 1. The van der Waals surface area contributed by atoms with Gasteiger partial charge in [-0.15, -0.1) is 11.6 Å². The molecule has 0 atom stereocenters. The molecule has 7 heteroatoms. The van der Waals surface area contributed by atoms with E-state index in [-0.39, 0.29) is 18.3 Å². The fourth-order valence-corrected chi connectivity index (χ4v) is 2.50. The van der Waals surface area contributed by atoms with Crippen LogP contribution in [0.2, 0.25) is 0 Å². The summed E-state index contributed by atoms with van der Waals surface area (Å²) >= 11 is 9.00. The number of imidazole rings is 1. The Bertz CT molecular complexity index is 672. The lowest BCUT2D eigenvalue weighted by Gasteiger charge is -2.10. The van der Waals surface area contributed by atoms with E-state index in [4.69, 9.17) is 11.6 Å². The minimum absolute atomic E-state index is 0.0757. The maximum absolute atomic E-state index is 13.7. The number of nitrogens with one attached hydrogen (secondary N) is 1. The molecule has 1 aromatic heterocycles. The fourth-order valence-electron chi connectivity index (χ4n) is 1.97. The van der Waals surface area contributed by atoms with Gasteiger partial charge in [0, 0.05) is 12.6 Å². The Balaban J connectivity index is 2.33. The summed E-state index contributed by atoms with van der Waals surface area (Å²) < 4.78 is 15.7. The second-order valence-corrected chi connectivity index (χ2v) is 6.32. The molecular formula is C14H16BrClFN3O. The molecule has 0 saturated carbocycles. The highest BCUT2D eigenvalue weighted by molar-refractivity contribution is 9.10. The van der Waals surface area contributed by atoms with Crippen LogP contribution in [0.5, 0.6) is 0 Å². The Hall–Kier alpha value is -1.14. The summed E-state index contributed by atoms with van der Waals surface area (Å²) in [6.07, 6.45) is 0. The molecule has 0 saturated heterocycles. The van der Waals surface area contributed by atoms with Gasteiger partial charge in [-0.3, -0.25) is 4.79 Å². The number of nitrogens with zero attached hydrogens (tertiary/aromatic N) is 2. The van der Waals surface area contributed by atoms with Crippen molar-refractivity contribution in [3.63, 3.8) is 0 Å². The lowest BCUT2D eigenvalue weighted by molar-refractivity contribution is -0.121. The normalized spacial score (nSPS) is 11.3. The van der Waals surface area contributed by atoms with Gasteiger partial charge >= 0.3 is 0 Å². The highest BCUT2D eigenvalue weighted by Gasteiger charge is 2.15. The molecule has 0 unspecified atom stereocenters. The molecule has 0 fully saturated rings. The van der Waals surface area contributed by atoms with Crippen molar-refractivity contribution in [2.45, 2.75) is 26.3 Å². The van der Waals surface area contributed by atoms with Crippen molar-refractivity contribution in [1.29, 1.82) is 0 Å². The van der Waals surface area contributed by atoms with Crippen LogP contribution in [-0.4, -0.2) is 22.0 Å². The summed E-state index contributed by atoms with van der Waals surface area (Å²) in [5, 5.41) is 2.83. The van der Waals surface area contributed by atoms with Crippen molar-refractivity contribution in [3.8, 4) is 0 Å². The van der Waals surface area contributed by atoms with Crippen molar-refractivity contribution in [2.24, 2.45) is 5.92 Å². The molecule has 1 aromatic carbocycles. The first-order valence-corrected chi connectivity index (χ1v) is 7.92. The van der Waals surface area contributed by atoms with Crippen LogP contribution in [0, 0.1) is 11.7 Å². The molecule has 2 aromatic rings. The first-order valence-electron chi connectivity index (χ1n) is 6.59. The lowest BCUT2D eigenvalue weighted by Crippen LogP contribution is -2.31. The standard InChI is InChI=1S/C14H16BrClFN3O/c1-8(2)6-18-14(21)7-20-12-4-10(17)9(15)3-11(12)19-13(20)5-16/h3-4,8H,5-7H2,1-2H3,(H,18,21). The molecular weight excluding hydrogens is 361 g/mol. The van der Waals surface area contributed by atoms with Gasteiger partial charge in [-0.25, -0.2) is 9.37 Å². The molecule has 21 heavy (non-hydrogen) atoms. The van der Waals surface area contributed by atoms with Gasteiger partial charge in [0.05, 0.1) is 21.4 Å². The van der Waals surface area contributed by atoms with E-state index < -0.39 is 5.82 Å². The van der Waals surface area contributed by atoms with Crippen LogP contribution in [0.1, 0.15) is 19.7 Å². The summed E-state index contributed by atoms with van der Waals surface area (Å²) in [4.78, 5) is 16.3. The zero-order chi connectivity index (χ0) is 15.6. The Labute approximate surface area is 135 Å². The van der Waals surface area contributed by atoms with E-state index in [0.717, 1.165) is 0 Å². The van der Waals surface area contributed by atoms with Crippen LogP contribution < -0.4 is 5.32 Å². The quantitative estimate of drug-likeness (QED) is 0.813. The first-order chi connectivity index (χ1) is 9.92. The van der Waals surface area contributed by atoms with E-state index in [0.29, 0.717) is 33.8 Å². The molecule has 1 amide bonds. The second-order valence-electron chi connectivity index (χ2n) is 5.20. The Morgan fingerprint density at radius 3 is 2.86 bits per heavy atom.